The lowest BCUT2D eigenvalue weighted by atomic mass is 10.5. The van der Waals surface area contributed by atoms with E-state index in [0.717, 1.165) is 11.2 Å². The molecular weight excluding hydrogens is 201 g/mol. The number of pyridine rings is 1. The Bertz CT molecular complexity index is 302. The van der Waals surface area contributed by atoms with Crippen molar-refractivity contribution in [2.75, 3.05) is 18.3 Å². The maximum atomic E-state index is 11.7. The fourth-order valence-corrected chi connectivity index (χ4v) is 3.39. The van der Waals surface area contributed by atoms with Gasteiger partial charge in [-0.2, -0.15) is 0 Å². The van der Waals surface area contributed by atoms with Gasteiger partial charge >= 0.3 is 0 Å². The minimum absolute atomic E-state index is 0.695. The Morgan fingerprint density at radius 1 is 1.54 bits per heavy atom. The SMILES string of the molecule is CCP(C)(=O)CSc1ccccn1. The van der Waals surface area contributed by atoms with Crippen LogP contribution in [0.15, 0.2) is 29.4 Å². The zero-order valence-electron chi connectivity index (χ0n) is 7.93. The number of hydrogen-bond acceptors (Lipinski definition) is 3. The first kappa shape index (κ1) is 10.8. The smallest absolute Gasteiger partial charge is 0.0964 e. The van der Waals surface area contributed by atoms with E-state index in [9.17, 15) is 4.57 Å². The van der Waals surface area contributed by atoms with Crippen molar-refractivity contribution in [3.63, 3.8) is 0 Å². The minimum Gasteiger partial charge on any atom is -0.323 e. The number of hydrogen-bond donors (Lipinski definition) is 0. The monoisotopic (exact) mass is 215 g/mol. The van der Waals surface area contributed by atoms with Crippen molar-refractivity contribution in [3.8, 4) is 0 Å². The molecule has 0 bridgehead atoms. The van der Waals surface area contributed by atoms with Crippen LogP contribution in [-0.2, 0) is 4.57 Å². The van der Waals surface area contributed by atoms with Gasteiger partial charge in [-0.05, 0) is 25.0 Å². The van der Waals surface area contributed by atoms with Crippen LogP contribution in [0, 0.1) is 0 Å². The van der Waals surface area contributed by atoms with Crippen LogP contribution in [0.3, 0.4) is 0 Å². The fraction of sp³-hybridized carbons (Fsp3) is 0.444. The summed E-state index contributed by atoms with van der Waals surface area (Å²) in [6.45, 7) is 3.82. The summed E-state index contributed by atoms with van der Waals surface area (Å²) in [6, 6.07) is 5.78. The molecule has 1 heterocycles. The van der Waals surface area contributed by atoms with Crippen molar-refractivity contribution >= 4 is 18.9 Å². The highest BCUT2D eigenvalue weighted by atomic mass is 32.2. The van der Waals surface area contributed by atoms with Gasteiger partial charge in [-0.1, -0.05) is 24.8 Å². The molecule has 1 aromatic heterocycles. The average Bonchev–Trinajstić information content (AvgIpc) is 2.17. The van der Waals surface area contributed by atoms with Crippen LogP contribution in [-0.4, -0.2) is 23.3 Å². The fourth-order valence-electron chi connectivity index (χ4n) is 0.726. The topological polar surface area (TPSA) is 30.0 Å². The van der Waals surface area contributed by atoms with Crippen molar-refractivity contribution in [3.05, 3.63) is 24.4 Å². The third-order valence-corrected chi connectivity index (χ3v) is 6.37. The first-order valence-electron chi connectivity index (χ1n) is 4.23. The average molecular weight is 215 g/mol. The summed E-state index contributed by atoms with van der Waals surface area (Å²) in [5, 5.41) is 0.957. The van der Waals surface area contributed by atoms with Crippen molar-refractivity contribution in [1.82, 2.24) is 4.98 Å². The predicted octanol–water partition coefficient (Wildman–Crippen LogP) is 3.14. The van der Waals surface area contributed by atoms with Crippen LogP contribution in [0.1, 0.15) is 6.92 Å². The second-order valence-electron chi connectivity index (χ2n) is 3.05. The summed E-state index contributed by atoms with van der Waals surface area (Å²) < 4.78 is 11.7. The second-order valence-corrected chi connectivity index (χ2v) is 8.02. The van der Waals surface area contributed by atoms with Gasteiger partial charge in [0, 0.05) is 6.20 Å². The van der Waals surface area contributed by atoms with E-state index < -0.39 is 7.14 Å². The van der Waals surface area contributed by atoms with Gasteiger partial charge in [0.05, 0.1) is 17.7 Å². The van der Waals surface area contributed by atoms with Gasteiger partial charge in [0.1, 0.15) is 0 Å². The Balaban J connectivity index is 2.49. The van der Waals surface area contributed by atoms with Crippen LogP contribution in [0.25, 0.3) is 0 Å². The van der Waals surface area contributed by atoms with Gasteiger partial charge < -0.3 is 4.57 Å². The van der Waals surface area contributed by atoms with Crippen molar-refractivity contribution in [1.29, 1.82) is 0 Å². The molecule has 0 aliphatic rings. The molecule has 0 amide bonds. The molecular formula is C9H14NOPS. The van der Waals surface area contributed by atoms with E-state index in [1.807, 2.05) is 31.8 Å². The van der Waals surface area contributed by atoms with Crippen LogP contribution < -0.4 is 0 Å². The van der Waals surface area contributed by atoms with Crippen molar-refractivity contribution < 1.29 is 4.57 Å². The highest BCUT2D eigenvalue weighted by Gasteiger charge is 2.12. The predicted molar refractivity (Wildman–Crippen MR) is 59.0 cm³/mol. The van der Waals surface area contributed by atoms with E-state index >= 15 is 0 Å². The highest BCUT2D eigenvalue weighted by Crippen LogP contribution is 2.45. The minimum atomic E-state index is -1.92. The first-order valence-corrected chi connectivity index (χ1v) is 7.74. The van der Waals surface area contributed by atoms with E-state index in [0.29, 0.717) is 5.49 Å². The van der Waals surface area contributed by atoms with Gasteiger partial charge in [0.15, 0.2) is 0 Å². The maximum absolute atomic E-state index is 11.7. The van der Waals surface area contributed by atoms with Crippen LogP contribution in [0.2, 0.25) is 0 Å². The zero-order chi connectivity index (χ0) is 9.73. The third kappa shape index (κ3) is 3.97. The van der Waals surface area contributed by atoms with Gasteiger partial charge in [-0.15, -0.1) is 0 Å². The summed E-state index contributed by atoms with van der Waals surface area (Å²) in [6.07, 6.45) is 2.53. The van der Waals surface area contributed by atoms with Crippen molar-refractivity contribution in [2.45, 2.75) is 11.9 Å². The lowest BCUT2D eigenvalue weighted by Gasteiger charge is -2.08. The van der Waals surface area contributed by atoms with Crippen LogP contribution in [0.4, 0.5) is 0 Å². The van der Waals surface area contributed by atoms with Gasteiger partial charge in [0.2, 0.25) is 0 Å². The van der Waals surface area contributed by atoms with Crippen LogP contribution >= 0.6 is 18.9 Å². The standard InChI is InChI=1S/C9H14NOPS/c1-3-12(2,11)8-13-9-6-4-5-7-10-9/h4-7H,3,8H2,1-2H3. The maximum Gasteiger partial charge on any atom is 0.0964 e. The Morgan fingerprint density at radius 2 is 2.31 bits per heavy atom. The molecule has 1 rings (SSSR count). The van der Waals surface area contributed by atoms with E-state index in [1.54, 1.807) is 18.0 Å². The summed E-state index contributed by atoms with van der Waals surface area (Å²) in [5.74, 6) is 0. The lowest BCUT2D eigenvalue weighted by Crippen LogP contribution is -1.87. The largest absolute Gasteiger partial charge is 0.323 e. The van der Waals surface area contributed by atoms with Gasteiger partial charge in [-0.3, -0.25) is 0 Å². The van der Waals surface area contributed by atoms with Crippen molar-refractivity contribution in [2.24, 2.45) is 0 Å². The molecule has 4 heteroatoms. The Hall–Kier alpha value is -0.270. The quantitative estimate of drug-likeness (QED) is 0.571. The molecule has 2 nitrogen and oxygen atoms in total. The summed E-state index contributed by atoms with van der Waals surface area (Å²) in [5.41, 5.74) is 0.695. The molecule has 0 aromatic carbocycles. The number of thioether (sulfide) groups is 1. The van der Waals surface area contributed by atoms with E-state index in [2.05, 4.69) is 4.98 Å². The summed E-state index contributed by atoms with van der Waals surface area (Å²) in [7, 11) is -1.92. The molecule has 0 N–H and O–H groups in total. The Kier molecular flexibility index (Phi) is 4.01. The van der Waals surface area contributed by atoms with E-state index in [-0.39, 0.29) is 0 Å². The summed E-state index contributed by atoms with van der Waals surface area (Å²) in [4.78, 5) is 4.16. The molecule has 0 radical (unpaired) electrons. The second kappa shape index (κ2) is 4.83. The highest BCUT2D eigenvalue weighted by molar-refractivity contribution is 8.05. The molecule has 0 saturated heterocycles. The summed E-state index contributed by atoms with van der Waals surface area (Å²) >= 11 is 1.58. The van der Waals surface area contributed by atoms with Gasteiger partial charge in [-0.25, -0.2) is 4.98 Å². The molecule has 0 aliphatic heterocycles. The normalized spacial score (nSPS) is 15.2. The molecule has 0 aliphatic carbocycles. The molecule has 72 valence electrons. The van der Waals surface area contributed by atoms with E-state index in [1.165, 1.54) is 0 Å². The molecule has 0 saturated carbocycles. The molecule has 13 heavy (non-hydrogen) atoms. The number of rotatable bonds is 4. The lowest BCUT2D eigenvalue weighted by molar-refractivity contribution is 0.582. The zero-order valence-corrected chi connectivity index (χ0v) is 9.65. The molecule has 1 unspecified atom stereocenters. The van der Waals surface area contributed by atoms with Crippen LogP contribution in [0.5, 0.6) is 0 Å². The Morgan fingerprint density at radius 3 is 2.85 bits per heavy atom. The third-order valence-electron chi connectivity index (χ3n) is 1.79. The number of aromatic nitrogens is 1. The molecule has 1 aromatic rings. The molecule has 0 spiro atoms. The van der Waals surface area contributed by atoms with E-state index in [4.69, 9.17) is 0 Å². The van der Waals surface area contributed by atoms with Gasteiger partial charge in [0.25, 0.3) is 0 Å². The number of nitrogens with zero attached hydrogens (tertiary/aromatic N) is 1. The molecule has 0 fully saturated rings. The first-order chi connectivity index (χ1) is 6.14. The Labute approximate surface area is 83.5 Å². The molecule has 1 atom stereocenters.